The average Bonchev–Trinajstić information content (AvgIpc) is 3.09. The van der Waals surface area contributed by atoms with Crippen LogP contribution in [0.3, 0.4) is 0 Å². The minimum absolute atomic E-state index is 0.0302. The van der Waals surface area contributed by atoms with Crippen LogP contribution in [0.5, 0.6) is 0 Å². The van der Waals surface area contributed by atoms with Gasteiger partial charge in [-0.15, -0.1) is 0 Å². The summed E-state index contributed by atoms with van der Waals surface area (Å²) in [6.45, 7) is 12.0. The summed E-state index contributed by atoms with van der Waals surface area (Å²) in [6.07, 6.45) is 5.06. The Labute approximate surface area is 206 Å². The van der Waals surface area contributed by atoms with Crippen molar-refractivity contribution in [3.63, 3.8) is 0 Å². The quantitative estimate of drug-likeness (QED) is 0.244. The average molecular weight is 512 g/mol. The number of aliphatic hydroxyl groups excluding tert-OH is 1. The van der Waals surface area contributed by atoms with E-state index in [2.05, 4.69) is 65.2 Å². The summed E-state index contributed by atoms with van der Waals surface area (Å²) >= 11 is 3.40. The van der Waals surface area contributed by atoms with Gasteiger partial charge < -0.3 is 14.6 Å². The number of benzene rings is 2. The van der Waals surface area contributed by atoms with Gasteiger partial charge in [-0.2, -0.15) is 0 Å². The molecule has 0 spiro atoms. The number of allylic oxidation sites excluding steroid dienone is 1. The second kappa shape index (κ2) is 11.8. The molecule has 33 heavy (non-hydrogen) atoms. The van der Waals surface area contributed by atoms with Gasteiger partial charge in [-0.25, -0.2) is 0 Å². The number of fused-ring (bicyclic) bond motifs is 1. The van der Waals surface area contributed by atoms with Crippen LogP contribution in [0.25, 0.3) is 17.0 Å². The Morgan fingerprint density at radius 3 is 2.27 bits per heavy atom. The lowest BCUT2D eigenvalue weighted by Gasteiger charge is -2.28. The molecule has 1 unspecified atom stereocenters. The van der Waals surface area contributed by atoms with E-state index in [4.69, 9.17) is 0 Å². The first-order valence-corrected chi connectivity index (χ1v) is 12.5. The summed E-state index contributed by atoms with van der Waals surface area (Å²) in [7, 11) is 0. The van der Waals surface area contributed by atoms with Crippen molar-refractivity contribution in [3.05, 3.63) is 76.4 Å². The van der Waals surface area contributed by atoms with Gasteiger partial charge in [0.05, 0.1) is 6.10 Å². The fourth-order valence-electron chi connectivity index (χ4n) is 4.27. The molecule has 2 aromatic carbocycles. The number of ketones is 1. The fraction of sp³-hybridized carbons (Fsp3) is 0.393. The molecule has 3 aromatic rings. The van der Waals surface area contributed by atoms with E-state index in [0.29, 0.717) is 30.5 Å². The second-order valence-corrected chi connectivity index (χ2v) is 10.5. The van der Waals surface area contributed by atoms with Crippen LogP contribution < -0.4 is 0 Å². The van der Waals surface area contributed by atoms with Gasteiger partial charge in [-0.1, -0.05) is 61.8 Å². The van der Waals surface area contributed by atoms with E-state index < -0.39 is 6.10 Å². The van der Waals surface area contributed by atoms with Crippen molar-refractivity contribution in [2.45, 2.75) is 40.3 Å². The Hall–Kier alpha value is -2.21. The number of aromatic nitrogens is 1. The second-order valence-electron chi connectivity index (χ2n) is 9.62. The third kappa shape index (κ3) is 7.39. The summed E-state index contributed by atoms with van der Waals surface area (Å²) in [6, 6.07) is 15.5. The third-order valence-corrected chi connectivity index (χ3v) is 6.01. The van der Waals surface area contributed by atoms with Gasteiger partial charge in [0.25, 0.3) is 0 Å². The molecule has 176 valence electrons. The van der Waals surface area contributed by atoms with Crippen LogP contribution >= 0.6 is 15.9 Å². The number of carbonyl (C=O) groups is 1. The van der Waals surface area contributed by atoms with E-state index in [9.17, 15) is 9.90 Å². The monoisotopic (exact) mass is 510 g/mol. The number of carbonyl (C=O) groups excluding carboxylic acids is 1. The molecule has 0 fully saturated rings. The normalized spacial score (nSPS) is 13.1. The lowest BCUT2D eigenvalue weighted by molar-refractivity contribution is 0.0869. The Kier molecular flexibility index (Phi) is 9.07. The molecule has 0 saturated carbocycles. The summed E-state index contributed by atoms with van der Waals surface area (Å²) < 4.78 is 3.05. The van der Waals surface area contributed by atoms with Gasteiger partial charge in [0.2, 0.25) is 0 Å². The highest BCUT2D eigenvalue weighted by Gasteiger charge is 2.16. The van der Waals surface area contributed by atoms with Crippen LogP contribution in [-0.2, 0) is 6.54 Å². The molecule has 1 aromatic heterocycles. The molecular weight excluding hydrogens is 476 g/mol. The van der Waals surface area contributed by atoms with Gasteiger partial charge in [-0.05, 0) is 54.3 Å². The van der Waals surface area contributed by atoms with Crippen LogP contribution in [0, 0.1) is 11.8 Å². The number of halogens is 1. The summed E-state index contributed by atoms with van der Waals surface area (Å²) in [4.78, 5) is 15.0. The smallest absolute Gasteiger partial charge is 0.185 e. The van der Waals surface area contributed by atoms with Gasteiger partial charge in [0.15, 0.2) is 5.78 Å². The third-order valence-electron chi connectivity index (χ3n) is 5.49. The first-order valence-electron chi connectivity index (χ1n) is 11.7. The standard InChI is InChI=1S/C28H35BrN2O2/c1-20(2)15-30(16-21(3)4)18-25(32)19-31-17-23(26-7-5-6-8-27(26)31)11-14-28(33)22-9-12-24(29)13-10-22/h5-14,17,20-21,25,32H,15-16,18-19H2,1-4H3. The zero-order valence-corrected chi connectivity index (χ0v) is 21.6. The highest BCUT2D eigenvalue weighted by atomic mass is 79.9. The fourth-order valence-corrected chi connectivity index (χ4v) is 4.54. The topological polar surface area (TPSA) is 45.5 Å². The Bertz CT molecular complexity index is 1070. The summed E-state index contributed by atoms with van der Waals surface area (Å²) in [5.41, 5.74) is 2.69. The zero-order valence-electron chi connectivity index (χ0n) is 20.0. The molecule has 0 bridgehead atoms. The minimum atomic E-state index is -0.473. The Balaban J connectivity index is 1.77. The highest BCUT2D eigenvalue weighted by Crippen LogP contribution is 2.23. The minimum Gasteiger partial charge on any atom is -0.390 e. The maximum atomic E-state index is 12.6. The summed E-state index contributed by atoms with van der Waals surface area (Å²) in [5.74, 6) is 1.09. The molecule has 1 heterocycles. The molecule has 4 nitrogen and oxygen atoms in total. The molecule has 1 N–H and O–H groups in total. The SMILES string of the molecule is CC(C)CN(CC(C)C)CC(O)Cn1cc(C=CC(=O)c2ccc(Br)cc2)c2ccccc21. The van der Waals surface area contributed by atoms with Crippen molar-refractivity contribution in [1.82, 2.24) is 9.47 Å². The van der Waals surface area contributed by atoms with Crippen LogP contribution in [0.1, 0.15) is 43.6 Å². The Morgan fingerprint density at radius 2 is 1.64 bits per heavy atom. The number of aliphatic hydroxyl groups is 1. The molecule has 0 aliphatic heterocycles. The van der Waals surface area contributed by atoms with E-state index >= 15 is 0 Å². The van der Waals surface area contributed by atoms with Gasteiger partial charge in [0, 0.05) is 58.9 Å². The predicted octanol–water partition coefficient (Wildman–Crippen LogP) is 6.27. The lowest BCUT2D eigenvalue weighted by Crippen LogP contribution is -2.39. The molecule has 0 amide bonds. The van der Waals surface area contributed by atoms with Crippen molar-refractivity contribution in [2.75, 3.05) is 19.6 Å². The first kappa shape index (κ1) is 25.4. The van der Waals surface area contributed by atoms with Crippen LogP contribution in [0.2, 0.25) is 0 Å². The number of hydrogen-bond donors (Lipinski definition) is 1. The maximum absolute atomic E-state index is 12.6. The van der Waals surface area contributed by atoms with Gasteiger partial charge in [-0.3, -0.25) is 4.79 Å². The lowest BCUT2D eigenvalue weighted by atomic mass is 10.1. The van der Waals surface area contributed by atoms with Crippen molar-refractivity contribution in [2.24, 2.45) is 11.8 Å². The zero-order chi connectivity index (χ0) is 24.0. The summed E-state index contributed by atoms with van der Waals surface area (Å²) in [5, 5.41) is 12.0. The molecule has 0 saturated heterocycles. The largest absolute Gasteiger partial charge is 0.390 e. The molecule has 3 rings (SSSR count). The van der Waals surface area contributed by atoms with Crippen molar-refractivity contribution < 1.29 is 9.90 Å². The molecule has 0 aliphatic rings. The van der Waals surface area contributed by atoms with E-state index in [-0.39, 0.29) is 5.78 Å². The number of para-hydroxylation sites is 1. The predicted molar refractivity (Wildman–Crippen MR) is 142 cm³/mol. The van der Waals surface area contributed by atoms with Crippen LogP contribution in [-0.4, -0.2) is 46.1 Å². The molecule has 0 aliphatic carbocycles. The van der Waals surface area contributed by atoms with Gasteiger partial charge >= 0.3 is 0 Å². The molecule has 1 atom stereocenters. The van der Waals surface area contributed by atoms with E-state index in [1.165, 1.54) is 0 Å². The van der Waals surface area contributed by atoms with E-state index in [0.717, 1.165) is 34.0 Å². The molecule has 5 heteroatoms. The Morgan fingerprint density at radius 1 is 1.00 bits per heavy atom. The number of nitrogens with zero attached hydrogens (tertiary/aromatic N) is 2. The number of rotatable bonds is 11. The molecular formula is C28H35BrN2O2. The maximum Gasteiger partial charge on any atom is 0.185 e. The van der Waals surface area contributed by atoms with Crippen LogP contribution in [0.15, 0.2) is 65.3 Å². The van der Waals surface area contributed by atoms with Gasteiger partial charge in [0.1, 0.15) is 0 Å². The molecule has 0 radical (unpaired) electrons. The number of hydrogen-bond acceptors (Lipinski definition) is 3. The van der Waals surface area contributed by atoms with Crippen molar-refractivity contribution in [3.8, 4) is 0 Å². The van der Waals surface area contributed by atoms with Crippen molar-refractivity contribution >= 4 is 38.7 Å². The highest BCUT2D eigenvalue weighted by molar-refractivity contribution is 9.10. The van der Waals surface area contributed by atoms with Crippen LogP contribution in [0.4, 0.5) is 0 Å². The van der Waals surface area contributed by atoms with Crippen molar-refractivity contribution in [1.29, 1.82) is 0 Å². The van der Waals surface area contributed by atoms with E-state index in [1.54, 1.807) is 6.08 Å². The first-order chi connectivity index (χ1) is 15.7. The van der Waals surface area contributed by atoms with E-state index in [1.807, 2.05) is 48.7 Å².